The Morgan fingerprint density at radius 3 is 2.64 bits per heavy atom. The molecule has 1 aromatic heterocycles. The Morgan fingerprint density at radius 2 is 1.86 bits per heavy atom. The van der Waals surface area contributed by atoms with Crippen LogP contribution in [0, 0.1) is 0 Å². The summed E-state index contributed by atoms with van der Waals surface area (Å²) in [6, 6.07) is 14.8. The van der Waals surface area contributed by atoms with Gasteiger partial charge in [-0.1, -0.05) is 54.3 Å². The van der Waals surface area contributed by atoms with Crippen LogP contribution in [-0.2, 0) is 9.59 Å². The molecule has 0 saturated carbocycles. The first kappa shape index (κ1) is 18.3. The maximum Gasteiger partial charge on any atom is 0.266 e. The smallest absolute Gasteiger partial charge is 0.266 e. The zero-order chi connectivity index (χ0) is 19.5. The first-order valence-corrected chi connectivity index (χ1v) is 9.64. The minimum atomic E-state index is -0.333. The van der Waals surface area contributed by atoms with Crippen molar-refractivity contribution in [3.8, 4) is 0 Å². The normalized spacial score (nSPS) is 15.4. The van der Waals surface area contributed by atoms with Crippen molar-refractivity contribution in [1.82, 2.24) is 14.9 Å². The lowest BCUT2D eigenvalue weighted by atomic mass is 10.2. The third-order valence-electron chi connectivity index (χ3n) is 4.03. The maximum absolute atomic E-state index is 12.6. The molecular formula is C20H14N4O2S2. The molecule has 0 spiro atoms. The van der Waals surface area contributed by atoms with Crippen molar-refractivity contribution >= 4 is 62.9 Å². The molecule has 0 radical (unpaired) electrons. The minimum absolute atomic E-state index is 0.144. The van der Waals surface area contributed by atoms with Gasteiger partial charge in [-0.25, -0.2) is 0 Å². The van der Waals surface area contributed by atoms with Crippen molar-refractivity contribution < 1.29 is 9.59 Å². The quantitative estimate of drug-likeness (QED) is 0.528. The molecule has 2 heterocycles. The van der Waals surface area contributed by atoms with E-state index in [0.717, 1.165) is 11.1 Å². The van der Waals surface area contributed by atoms with Crippen LogP contribution in [0.4, 0.5) is 5.69 Å². The van der Waals surface area contributed by atoms with Gasteiger partial charge in [-0.15, -0.1) is 0 Å². The van der Waals surface area contributed by atoms with Gasteiger partial charge in [0.1, 0.15) is 10.9 Å². The van der Waals surface area contributed by atoms with Gasteiger partial charge in [0.05, 0.1) is 15.9 Å². The molecule has 6 nitrogen and oxygen atoms in total. The van der Waals surface area contributed by atoms with E-state index in [4.69, 9.17) is 12.2 Å². The van der Waals surface area contributed by atoms with Crippen molar-refractivity contribution in [3.05, 3.63) is 71.4 Å². The second-order valence-electron chi connectivity index (χ2n) is 5.99. The fourth-order valence-electron chi connectivity index (χ4n) is 2.72. The molecule has 1 aliphatic rings. The molecule has 138 valence electrons. The zero-order valence-corrected chi connectivity index (χ0v) is 16.2. The SMILES string of the molecule is O=C(CN1C(=O)C(=Cc2ccccc2)SC1=S)Nc1ccc2nccnc2c1. The summed E-state index contributed by atoms with van der Waals surface area (Å²) >= 11 is 6.48. The summed E-state index contributed by atoms with van der Waals surface area (Å²) in [4.78, 5) is 35.3. The highest BCUT2D eigenvalue weighted by atomic mass is 32.2. The van der Waals surface area contributed by atoms with Gasteiger partial charge in [-0.05, 0) is 29.8 Å². The molecule has 1 aliphatic heterocycles. The van der Waals surface area contributed by atoms with Gasteiger partial charge in [-0.3, -0.25) is 24.5 Å². The van der Waals surface area contributed by atoms with Crippen molar-refractivity contribution in [2.24, 2.45) is 0 Å². The number of hydrogen-bond donors (Lipinski definition) is 1. The van der Waals surface area contributed by atoms with Crippen LogP contribution in [0.3, 0.4) is 0 Å². The molecule has 1 fully saturated rings. The lowest BCUT2D eigenvalue weighted by Crippen LogP contribution is -2.36. The van der Waals surface area contributed by atoms with Gasteiger partial charge in [0, 0.05) is 18.1 Å². The van der Waals surface area contributed by atoms with Crippen LogP contribution in [0.25, 0.3) is 17.1 Å². The molecule has 1 N–H and O–H groups in total. The maximum atomic E-state index is 12.6. The average molecular weight is 406 g/mol. The predicted molar refractivity (Wildman–Crippen MR) is 114 cm³/mol. The first-order valence-electron chi connectivity index (χ1n) is 8.41. The Morgan fingerprint density at radius 1 is 1.11 bits per heavy atom. The van der Waals surface area contributed by atoms with E-state index in [1.54, 1.807) is 36.7 Å². The molecule has 3 aromatic rings. The second-order valence-corrected chi connectivity index (χ2v) is 7.66. The Hall–Kier alpha value is -3.10. The van der Waals surface area contributed by atoms with Crippen molar-refractivity contribution in [2.45, 2.75) is 0 Å². The standard InChI is InChI=1S/C20H14N4O2S2/c25-18(23-14-6-7-15-16(11-14)22-9-8-21-15)12-24-19(26)17(28-20(24)27)10-13-4-2-1-3-5-13/h1-11H,12H2,(H,23,25). The molecule has 4 rings (SSSR count). The molecule has 2 amide bonds. The molecule has 0 unspecified atom stereocenters. The summed E-state index contributed by atoms with van der Waals surface area (Å²) < 4.78 is 0.367. The van der Waals surface area contributed by atoms with Crippen LogP contribution in [0.2, 0.25) is 0 Å². The number of nitrogens with zero attached hydrogens (tertiary/aromatic N) is 3. The molecular weight excluding hydrogens is 392 g/mol. The highest BCUT2D eigenvalue weighted by molar-refractivity contribution is 8.26. The van der Waals surface area contributed by atoms with Gasteiger partial charge >= 0.3 is 0 Å². The summed E-state index contributed by atoms with van der Waals surface area (Å²) in [7, 11) is 0. The molecule has 2 aromatic carbocycles. The molecule has 8 heteroatoms. The number of anilines is 1. The lowest BCUT2D eigenvalue weighted by Gasteiger charge is -2.14. The summed E-state index contributed by atoms with van der Waals surface area (Å²) in [5.41, 5.74) is 2.91. The van der Waals surface area contributed by atoms with Gasteiger partial charge in [-0.2, -0.15) is 0 Å². The Balaban J connectivity index is 1.45. The van der Waals surface area contributed by atoms with E-state index in [0.29, 0.717) is 20.4 Å². The average Bonchev–Trinajstić information content (AvgIpc) is 2.96. The van der Waals surface area contributed by atoms with E-state index in [9.17, 15) is 9.59 Å². The lowest BCUT2D eigenvalue weighted by molar-refractivity contribution is -0.126. The highest BCUT2D eigenvalue weighted by Crippen LogP contribution is 2.32. The number of nitrogens with one attached hydrogen (secondary N) is 1. The van der Waals surface area contributed by atoms with Gasteiger partial charge in [0.15, 0.2) is 0 Å². The number of amides is 2. The summed E-state index contributed by atoms with van der Waals surface area (Å²) in [5, 5.41) is 2.78. The number of carbonyl (C=O) groups excluding carboxylic acids is 2. The number of rotatable bonds is 4. The van der Waals surface area contributed by atoms with Crippen LogP contribution < -0.4 is 5.32 Å². The van der Waals surface area contributed by atoms with Crippen molar-refractivity contribution in [1.29, 1.82) is 0 Å². The summed E-state index contributed by atoms with van der Waals surface area (Å²) in [6.45, 7) is -0.144. The van der Waals surface area contributed by atoms with E-state index >= 15 is 0 Å². The van der Waals surface area contributed by atoms with Crippen LogP contribution in [-0.4, -0.2) is 37.5 Å². The fraction of sp³-hybridized carbons (Fsp3) is 0.0500. The number of fused-ring (bicyclic) bond motifs is 1. The second kappa shape index (κ2) is 7.87. The molecule has 0 aliphatic carbocycles. The van der Waals surface area contributed by atoms with Crippen molar-refractivity contribution in [3.63, 3.8) is 0 Å². The van der Waals surface area contributed by atoms with Crippen LogP contribution in [0.5, 0.6) is 0 Å². The molecule has 28 heavy (non-hydrogen) atoms. The third kappa shape index (κ3) is 3.92. The number of benzene rings is 2. The van der Waals surface area contributed by atoms with E-state index in [2.05, 4.69) is 15.3 Å². The zero-order valence-electron chi connectivity index (χ0n) is 14.5. The topological polar surface area (TPSA) is 75.2 Å². The Kier molecular flexibility index (Phi) is 5.14. The first-order chi connectivity index (χ1) is 13.6. The van der Waals surface area contributed by atoms with E-state index in [-0.39, 0.29) is 18.4 Å². The number of carbonyl (C=O) groups is 2. The molecule has 0 bridgehead atoms. The Bertz CT molecular complexity index is 1120. The van der Waals surface area contributed by atoms with E-state index in [1.807, 2.05) is 30.3 Å². The minimum Gasteiger partial charge on any atom is -0.324 e. The number of hydrogen-bond acceptors (Lipinski definition) is 6. The predicted octanol–water partition coefficient (Wildman–Crippen LogP) is 3.47. The van der Waals surface area contributed by atoms with Crippen molar-refractivity contribution in [2.75, 3.05) is 11.9 Å². The Labute approximate surface area is 170 Å². The van der Waals surface area contributed by atoms with Gasteiger partial charge in [0.25, 0.3) is 5.91 Å². The van der Waals surface area contributed by atoms with Gasteiger partial charge < -0.3 is 5.32 Å². The summed E-state index contributed by atoms with van der Waals surface area (Å²) in [6.07, 6.45) is 4.98. The monoisotopic (exact) mass is 406 g/mol. The molecule has 1 saturated heterocycles. The highest BCUT2D eigenvalue weighted by Gasteiger charge is 2.33. The number of aromatic nitrogens is 2. The van der Waals surface area contributed by atoms with Crippen LogP contribution in [0.1, 0.15) is 5.56 Å². The number of thioether (sulfide) groups is 1. The van der Waals surface area contributed by atoms with E-state index in [1.165, 1.54) is 16.7 Å². The van der Waals surface area contributed by atoms with Crippen LogP contribution in [0.15, 0.2) is 65.8 Å². The third-order valence-corrected chi connectivity index (χ3v) is 5.40. The van der Waals surface area contributed by atoms with Gasteiger partial charge in [0.2, 0.25) is 5.91 Å². The largest absolute Gasteiger partial charge is 0.324 e. The van der Waals surface area contributed by atoms with Crippen LogP contribution >= 0.6 is 24.0 Å². The molecule has 0 atom stereocenters. The number of thiocarbonyl (C=S) groups is 1. The van der Waals surface area contributed by atoms with E-state index < -0.39 is 0 Å². The fourth-order valence-corrected chi connectivity index (χ4v) is 3.98. The summed E-state index contributed by atoms with van der Waals surface area (Å²) in [5.74, 6) is -0.598.